The van der Waals surface area contributed by atoms with Crippen LogP contribution in [-0.4, -0.2) is 36.6 Å². The number of nitrogens with one attached hydrogen (secondary N) is 2. The molecule has 0 spiro atoms. The van der Waals surface area contributed by atoms with E-state index in [0.29, 0.717) is 25.6 Å². The largest absolute Gasteiger partial charge is 0.491 e. The lowest BCUT2D eigenvalue weighted by Gasteiger charge is -2.11. The van der Waals surface area contributed by atoms with Crippen molar-refractivity contribution >= 4 is 41.6 Å². The number of rotatable bonds is 7. The van der Waals surface area contributed by atoms with Gasteiger partial charge in [-0.15, -0.1) is 24.8 Å². The normalized spacial score (nSPS) is 15.9. The van der Waals surface area contributed by atoms with Gasteiger partial charge >= 0.3 is 0 Å². The SMILES string of the molecule is Cl.Cl.O=C(CC1CCCN1)NCCCOc1cccc2cccnc12. The number of para-hydroxylation sites is 1. The summed E-state index contributed by atoms with van der Waals surface area (Å²) in [6.45, 7) is 2.24. The van der Waals surface area contributed by atoms with Gasteiger partial charge in [-0.1, -0.05) is 18.2 Å². The fourth-order valence-corrected chi connectivity index (χ4v) is 2.90. The fourth-order valence-electron chi connectivity index (χ4n) is 2.90. The highest BCUT2D eigenvalue weighted by atomic mass is 35.5. The van der Waals surface area contributed by atoms with E-state index in [0.717, 1.165) is 36.0 Å². The Morgan fingerprint density at radius 3 is 2.92 bits per heavy atom. The summed E-state index contributed by atoms with van der Waals surface area (Å²) in [5.41, 5.74) is 0.881. The molecule has 1 saturated heterocycles. The Bertz CT molecular complexity index is 658. The fraction of sp³-hybridized carbons (Fsp3) is 0.444. The van der Waals surface area contributed by atoms with Gasteiger partial charge in [0.15, 0.2) is 0 Å². The van der Waals surface area contributed by atoms with Crippen molar-refractivity contribution in [2.75, 3.05) is 19.7 Å². The van der Waals surface area contributed by atoms with Gasteiger partial charge in [0.25, 0.3) is 0 Å². The third-order valence-electron chi connectivity index (χ3n) is 4.09. The molecule has 2 N–H and O–H groups in total. The van der Waals surface area contributed by atoms with Crippen molar-refractivity contribution in [3.63, 3.8) is 0 Å². The standard InChI is InChI=1S/C18H23N3O2.2ClH/c22-17(13-15-7-3-9-19-15)20-11-4-12-23-16-8-1-5-14-6-2-10-21-18(14)16;;/h1-2,5-6,8,10,15,19H,3-4,7,9,11-13H2,(H,20,22);2*1H. The quantitative estimate of drug-likeness (QED) is 0.718. The van der Waals surface area contributed by atoms with Gasteiger partial charge in [-0.3, -0.25) is 9.78 Å². The van der Waals surface area contributed by atoms with Crippen LogP contribution in [0.15, 0.2) is 36.5 Å². The van der Waals surface area contributed by atoms with Crippen LogP contribution >= 0.6 is 24.8 Å². The average Bonchev–Trinajstić information content (AvgIpc) is 3.07. The van der Waals surface area contributed by atoms with Crippen LogP contribution in [0.1, 0.15) is 25.7 Å². The van der Waals surface area contributed by atoms with E-state index in [4.69, 9.17) is 4.74 Å². The van der Waals surface area contributed by atoms with Crippen molar-refractivity contribution in [1.82, 2.24) is 15.6 Å². The molecule has 2 aromatic rings. The molecule has 1 aromatic carbocycles. The van der Waals surface area contributed by atoms with Crippen LogP contribution in [0.25, 0.3) is 10.9 Å². The Morgan fingerprint density at radius 1 is 1.28 bits per heavy atom. The maximum Gasteiger partial charge on any atom is 0.221 e. The molecule has 3 rings (SSSR count). The molecule has 1 aliphatic heterocycles. The summed E-state index contributed by atoms with van der Waals surface area (Å²) in [6, 6.07) is 10.2. The molecule has 1 fully saturated rings. The molecular weight excluding hydrogens is 361 g/mol. The number of nitrogens with zero attached hydrogens (tertiary/aromatic N) is 1. The van der Waals surface area contributed by atoms with Gasteiger partial charge in [0.1, 0.15) is 11.3 Å². The van der Waals surface area contributed by atoms with Crippen molar-refractivity contribution in [3.8, 4) is 5.75 Å². The first-order chi connectivity index (χ1) is 11.3. The van der Waals surface area contributed by atoms with Crippen molar-refractivity contribution in [2.24, 2.45) is 0 Å². The minimum absolute atomic E-state index is 0. The minimum atomic E-state index is 0. The van der Waals surface area contributed by atoms with Crippen molar-refractivity contribution in [2.45, 2.75) is 31.7 Å². The van der Waals surface area contributed by atoms with Gasteiger partial charge in [-0.05, 0) is 37.9 Å². The van der Waals surface area contributed by atoms with Gasteiger partial charge < -0.3 is 15.4 Å². The number of hydrogen-bond donors (Lipinski definition) is 2. The van der Waals surface area contributed by atoms with Crippen molar-refractivity contribution in [3.05, 3.63) is 36.5 Å². The first kappa shape index (κ1) is 21.5. The lowest BCUT2D eigenvalue weighted by Crippen LogP contribution is -2.32. The number of ether oxygens (including phenoxy) is 1. The highest BCUT2D eigenvalue weighted by Gasteiger charge is 2.17. The second-order valence-electron chi connectivity index (χ2n) is 5.88. The van der Waals surface area contributed by atoms with E-state index in [1.165, 1.54) is 6.42 Å². The number of amides is 1. The molecule has 0 bridgehead atoms. The van der Waals surface area contributed by atoms with E-state index in [-0.39, 0.29) is 30.7 Å². The minimum Gasteiger partial charge on any atom is -0.491 e. The zero-order valence-electron chi connectivity index (χ0n) is 14.1. The van der Waals surface area contributed by atoms with Crippen LogP contribution in [0, 0.1) is 0 Å². The average molecular weight is 386 g/mol. The number of benzene rings is 1. The first-order valence-electron chi connectivity index (χ1n) is 8.29. The second-order valence-corrected chi connectivity index (χ2v) is 5.88. The smallest absolute Gasteiger partial charge is 0.221 e. The van der Waals surface area contributed by atoms with E-state index in [1.807, 2.05) is 30.3 Å². The summed E-state index contributed by atoms with van der Waals surface area (Å²) in [5, 5.41) is 7.37. The Labute approximate surface area is 160 Å². The zero-order chi connectivity index (χ0) is 15.9. The lowest BCUT2D eigenvalue weighted by atomic mass is 10.1. The molecule has 25 heavy (non-hydrogen) atoms. The third kappa shape index (κ3) is 6.34. The highest BCUT2D eigenvalue weighted by Crippen LogP contribution is 2.22. The Morgan fingerprint density at radius 2 is 2.12 bits per heavy atom. The molecule has 2 heterocycles. The first-order valence-corrected chi connectivity index (χ1v) is 8.29. The molecule has 0 radical (unpaired) electrons. The van der Waals surface area contributed by atoms with E-state index >= 15 is 0 Å². The molecule has 0 saturated carbocycles. The number of hydrogen-bond acceptors (Lipinski definition) is 4. The van der Waals surface area contributed by atoms with Crippen molar-refractivity contribution in [1.29, 1.82) is 0 Å². The zero-order valence-corrected chi connectivity index (χ0v) is 15.7. The van der Waals surface area contributed by atoms with E-state index in [9.17, 15) is 4.79 Å². The molecule has 138 valence electrons. The molecule has 1 amide bonds. The number of halogens is 2. The van der Waals surface area contributed by atoms with Crippen LogP contribution in [-0.2, 0) is 4.79 Å². The van der Waals surface area contributed by atoms with Gasteiger partial charge in [0, 0.05) is 30.6 Å². The van der Waals surface area contributed by atoms with E-state index in [1.54, 1.807) is 6.20 Å². The number of pyridine rings is 1. The van der Waals surface area contributed by atoms with Gasteiger partial charge in [-0.2, -0.15) is 0 Å². The summed E-state index contributed by atoms with van der Waals surface area (Å²) >= 11 is 0. The summed E-state index contributed by atoms with van der Waals surface area (Å²) in [7, 11) is 0. The molecule has 1 aliphatic rings. The van der Waals surface area contributed by atoms with Crippen LogP contribution in [0.2, 0.25) is 0 Å². The van der Waals surface area contributed by atoms with Crippen LogP contribution < -0.4 is 15.4 Å². The van der Waals surface area contributed by atoms with E-state index < -0.39 is 0 Å². The van der Waals surface area contributed by atoms with Gasteiger partial charge in [0.05, 0.1) is 6.61 Å². The summed E-state index contributed by atoms with van der Waals surface area (Å²) in [4.78, 5) is 16.2. The Kier molecular flexibility index (Phi) is 9.57. The van der Waals surface area contributed by atoms with Gasteiger partial charge in [0.2, 0.25) is 5.91 Å². The number of fused-ring (bicyclic) bond motifs is 1. The molecular formula is C18H25Cl2N3O2. The van der Waals surface area contributed by atoms with E-state index in [2.05, 4.69) is 15.6 Å². The highest BCUT2D eigenvalue weighted by molar-refractivity contribution is 5.85. The van der Waals surface area contributed by atoms with Crippen LogP contribution in [0.3, 0.4) is 0 Å². The topological polar surface area (TPSA) is 63.2 Å². The molecule has 1 unspecified atom stereocenters. The molecule has 0 aliphatic carbocycles. The maximum atomic E-state index is 11.8. The van der Waals surface area contributed by atoms with Crippen molar-refractivity contribution < 1.29 is 9.53 Å². The van der Waals surface area contributed by atoms with Crippen LogP contribution in [0.4, 0.5) is 0 Å². The number of carbonyl (C=O) groups excluding carboxylic acids is 1. The Balaban J connectivity index is 0.00000156. The lowest BCUT2D eigenvalue weighted by molar-refractivity contribution is -0.121. The summed E-state index contributed by atoms with van der Waals surface area (Å²) < 4.78 is 5.81. The molecule has 1 aromatic heterocycles. The molecule has 1 atom stereocenters. The molecule has 5 nitrogen and oxygen atoms in total. The monoisotopic (exact) mass is 385 g/mol. The van der Waals surface area contributed by atoms with Crippen LogP contribution in [0.5, 0.6) is 5.75 Å². The Hall–Kier alpha value is -1.56. The summed E-state index contributed by atoms with van der Waals surface area (Å²) in [5.74, 6) is 0.917. The van der Waals surface area contributed by atoms with Gasteiger partial charge in [-0.25, -0.2) is 0 Å². The predicted molar refractivity (Wildman–Crippen MR) is 105 cm³/mol. The number of aromatic nitrogens is 1. The molecule has 7 heteroatoms. The maximum absolute atomic E-state index is 11.8. The summed E-state index contributed by atoms with van der Waals surface area (Å²) in [6.07, 6.45) is 5.41. The second kappa shape index (κ2) is 11.1. The number of carbonyl (C=O) groups is 1. The predicted octanol–water partition coefficient (Wildman–Crippen LogP) is 3.11. The third-order valence-corrected chi connectivity index (χ3v) is 4.09.